The molecule has 0 bridgehead atoms. The minimum absolute atomic E-state index is 0.315. The highest BCUT2D eigenvalue weighted by atomic mass is 16.4. The number of nitrogens with zero attached hydrogens (tertiary/aromatic N) is 2. The van der Waals surface area contributed by atoms with Crippen molar-refractivity contribution in [2.45, 2.75) is 50.5 Å². The topological polar surface area (TPSA) is 67.2 Å². The summed E-state index contributed by atoms with van der Waals surface area (Å²) in [6.45, 7) is 3.05. The van der Waals surface area contributed by atoms with Crippen LogP contribution in [0.3, 0.4) is 0 Å². The zero-order valence-electron chi connectivity index (χ0n) is 15.0. The van der Waals surface area contributed by atoms with Crippen molar-refractivity contribution in [2.75, 3.05) is 6.54 Å². The second-order valence-corrected chi connectivity index (χ2v) is 7.08. The Morgan fingerprint density at radius 3 is 2.84 bits per heavy atom. The Labute approximate surface area is 149 Å². The van der Waals surface area contributed by atoms with Gasteiger partial charge in [-0.15, -0.1) is 0 Å². The minimum atomic E-state index is -0.692. The summed E-state index contributed by atoms with van der Waals surface area (Å²) >= 11 is 0. The first-order valence-corrected chi connectivity index (χ1v) is 9.10. The predicted octanol–water partition coefficient (Wildman–Crippen LogP) is 3.21. The number of aliphatic carboxylic acids is 1. The Morgan fingerprint density at radius 1 is 1.44 bits per heavy atom. The molecule has 3 rings (SSSR count). The SMILES string of the molecule is CCCC(NCCc1cccc(C2(C(=O)O)CC2)c1)c1cnn(C)c1. The first-order valence-electron chi connectivity index (χ1n) is 9.10. The third-order valence-corrected chi connectivity index (χ3v) is 5.15. The molecule has 1 heterocycles. The number of aryl methyl sites for hydroxylation is 1. The molecule has 1 aliphatic carbocycles. The van der Waals surface area contributed by atoms with Crippen LogP contribution in [0.1, 0.15) is 55.3 Å². The molecular weight excluding hydrogens is 314 g/mol. The summed E-state index contributed by atoms with van der Waals surface area (Å²) in [6, 6.07) is 8.41. The Bertz CT molecular complexity index is 734. The third kappa shape index (κ3) is 3.93. The summed E-state index contributed by atoms with van der Waals surface area (Å²) in [5.74, 6) is -0.692. The fourth-order valence-corrected chi connectivity index (χ4v) is 3.46. The van der Waals surface area contributed by atoms with Crippen LogP contribution >= 0.6 is 0 Å². The normalized spacial score (nSPS) is 16.6. The minimum Gasteiger partial charge on any atom is -0.481 e. The molecule has 1 atom stereocenters. The largest absolute Gasteiger partial charge is 0.481 e. The number of aromatic nitrogens is 2. The summed E-state index contributed by atoms with van der Waals surface area (Å²) in [5, 5.41) is 17.4. The first kappa shape index (κ1) is 17.7. The van der Waals surface area contributed by atoms with Crippen LogP contribution in [-0.2, 0) is 23.7 Å². The van der Waals surface area contributed by atoms with E-state index in [1.54, 1.807) is 0 Å². The van der Waals surface area contributed by atoms with E-state index >= 15 is 0 Å². The lowest BCUT2D eigenvalue weighted by Gasteiger charge is -2.17. The molecular formula is C20H27N3O2. The van der Waals surface area contributed by atoms with Crippen LogP contribution in [0.5, 0.6) is 0 Å². The van der Waals surface area contributed by atoms with Crippen LogP contribution in [0.4, 0.5) is 0 Å². The molecule has 0 saturated heterocycles. The lowest BCUT2D eigenvalue weighted by Crippen LogP contribution is -2.24. The van der Waals surface area contributed by atoms with Crippen molar-refractivity contribution >= 4 is 5.97 Å². The monoisotopic (exact) mass is 341 g/mol. The van der Waals surface area contributed by atoms with Gasteiger partial charge in [0, 0.05) is 24.8 Å². The van der Waals surface area contributed by atoms with E-state index in [-0.39, 0.29) is 0 Å². The van der Waals surface area contributed by atoms with E-state index in [1.165, 1.54) is 11.1 Å². The van der Waals surface area contributed by atoms with Crippen molar-refractivity contribution in [3.63, 3.8) is 0 Å². The Morgan fingerprint density at radius 2 is 2.24 bits per heavy atom. The number of hydrogen-bond acceptors (Lipinski definition) is 3. The fraction of sp³-hybridized carbons (Fsp3) is 0.500. The summed E-state index contributed by atoms with van der Waals surface area (Å²) in [6.07, 6.45) is 8.59. The van der Waals surface area contributed by atoms with Gasteiger partial charge in [0.1, 0.15) is 0 Å². The maximum atomic E-state index is 11.5. The molecule has 1 unspecified atom stereocenters. The van der Waals surface area contributed by atoms with E-state index in [0.717, 1.165) is 44.2 Å². The van der Waals surface area contributed by atoms with Crippen LogP contribution in [0.2, 0.25) is 0 Å². The molecule has 0 amide bonds. The second kappa shape index (κ2) is 7.40. The molecule has 25 heavy (non-hydrogen) atoms. The number of benzene rings is 1. The van der Waals surface area contributed by atoms with Gasteiger partial charge in [0.25, 0.3) is 0 Å². The molecule has 0 aliphatic heterocycles. The van der Waals surface area contributed by atoms with Crippen molar-refractivity contribution in [3.05, 3.63) is 53.3 Å². The Kier molecular flexibility index (Phi) is 5.23. The van der Waals surface area contributed by atoms with Gasteiger partial charge in [-0.25, -0.2) is 0 Å². The van der Waals surface area contributed by atoms with Gasteiger partial charge < -0.3 is 10.4 Å². The van der Waals surface area contributed by atoms with E-state index in [4.69, 9.17) is 0 Å². The first-order chi connectivity index (χ1) is 12.0. The van der Waals surface area contributed by atoms with E-state index in [1.807, 2.05) is 30.1 Å². The molecule has 5 nitrogen and oxygen atoms in total. The van der Waals surface area contributed by atoms with E-state index in [9.17, 15) is 9.90 Å². The Hall–Kier alpha value is -2.14. The van der Waals surface area contributed by atoms with Crippen LogP contribution in [-0.4, -0.2) is 27.4 Å². The lowest BCUT2D eigenvalue weighted by atomic mass is 9.94. The highest BCUT2D eigenvalue weighted by Gasteiger charge is 2.51. The maximum absolute atomic E-state index is 11.5. The molecule has 0 radical (unpaired) electrons. The summed E-state index contributed by atoms with van der Waals surface area (Å²) in [7, 11) is 1.94. The molecule has 1 saturated carbocycles. The zero-order chi connectivity index (χ0) is 17.9. The van der Waals surface area contributed by atoms with Crippen molar-refractivity contribution in [1.82, 2.24) is 15.1 Å². The van der Waals surface area contributed by atoms with Gasteiger partial charge in [0.2, 0.25) is 0 Å². The van der Waals surface area contributed by atoms with Gasteiger partial charge in [-0.2, -0.15) is 5.10 Å². The highest BCUT2D eigenvalue weighted by Crippen LogP contribution is 2.48. The summed E-state index contributed by atoms with van der Waals surface area (Å²) in [4.78, 5) is 11.5. The molecule has 1 aromatic carbocycles. The lowest BCUT2D eigenvalue weighted by molar-refractivity contribution is -0.140. The summed E-state index contributed by atoms with van der Waals surface area (Å²) < 4.78 is 1.84. The smallest absolute Gasteiger partial charge is 0.314 e. The van der Waals surface area contributed by atoms with E-state index < -0.39 is 11.4 Å². The third-order valence-electron chi connectivity index (χ3n) is 5.15. The highest BCUT2D eigenvalue weighted by molar-refractivity contribution is 5.84. The number of rotatable bonds is 9. The predicted molar refractivity (Wildman–Crippen MR) is 97.6 cm³/mol. The standard InChI is InChI=1S/C20H27N3O2/c1-3-5-18(16-13-22-23(2)14-16)21-11-8-15-6-4-7-17(12-15)20(9-10-20)19(24)25/h4,6-7,12-14,18,21H,3,5,8-11H2,1-2H3,(H,24,25). The average Bonchev–Trinajstić information content (AvgIpc) is 3.31. The maximum Gasteiger partial charge on any atom is 0.314 e. The zero-order valence-corrected chi connectivity index (χ0v) is 15.0. The van der Waals surface area contributed by atoms with Crippen LogP contribution in [0.15, 0.2) is 36.7 Å². The number of carboxylic acid groups (broad SMARTS) is 1. The van der Waals surface area contributed by atoms with Crippen LogP contribution < -0.4 is 5.32 Å². The van der Waals surface area contributed by atoms with Crippen molar-refractivity contribution in [2.24, 2.45) is 7.05 Å². The van der Waals surface area contributed by atoms with E-state index in [2.05, 4.69) is 35.7 Å². The van der Waals surface area contributed by atoms with Crippen LogP contribution in [0.25, 0.3) is 0 Å². The van der Waals surface area contributed by atoms with E-state index in [0.29, 0.717) is 6.04 Å². The number of nitrogens with one attached hydrogen (secondary N) is 1. The molecule has 134 valence electrons. The number of hydrogen-bond donors (Lipinski definition) is 2. The number of carbonyl (C=O) groups is 1. The molecule has 1 fully saturated rings. The average molecular weight is 341 g/mol. The molecule has 1 aromatic heterocycles. The van der Waals surface area contributed by atoms with Crippen molar-refractivity contribution in [3.8, 4) is 0 Å². The second-order valence-electron chi connectivity index (χ2n) is 7.08. The van der Waals surface area contributed by atoms with Crippen LogP contribution in [0, 0.1) is 0 Å². The molecule has 2 N–H and O–H groups in total. The quantitative estimate of drug-likeness (QED) is 0.735. The fourth-order valence-electron chi connectivity index (χ4n) is 3.46. The molecule has 1 aliphatic rings. The van der Waals surface area contributed by atoms with Crippen molar-refractivity contribution < 1.29 is 9.90 Å². The molecule has 2 aromatic rings. The molecule has 0 spiro atoms. The van der Waals surface area contributed by atoms with Crippen molar-refractivity contribution in [1.29, 1.82) is 0 Å². The summed E-state index contributed by atoms with van der Waals surface area (Å²) in [5.41, 5.74) is 2.75. The van der Waals surface area contributed by atoms with Gasteiger partial charge >= 0.3 is 5.97 Å². The van der Waals surface area contributed by atoms with Gasteiger partial charge in [-0.05, 0) is 43.4 Å². The van der Waals surface area contributed by atoms with Gasteiger partial charge in [0.05, 0.1) is 11.6 Å². The molecule has 5 heteroatoms. The van der Waals surface area contributed by atoms with Gasteiger partial charge in [-0.1, -0.05) is 37.6 Å². The Balaban J connectivity index is 1.60. The van der Waals surface area contributed by atoms with Gasteiger partial charge in [-0.3, -0.25) is 9.48 Å². The van der Waals surface area contributed by atoms with Gasteiger partial charge in [0.15, 0.2) is 0 Å². The number of carboxylic acids is 1.